The van der Waals surface area contributed by atoms with Crippen LogP contribution >= 0.6 is 0 Å². The van der Waals surface area contributed by atoms with Gasteiger partial charge in [0.15, 0.2) is 0 Å². The molecule has 13 heavy (non-hydrogen) atoms. The molecule has 2 amide bonds. The van der Waals surface area contributed by atoms with Crippen LogP contribution in [0.25, 0.3) is 0 Å². The first-order valence-corrected chi connectivity index (χ1v) is 4.39. The van der Waals surface area contributed by atoms with Gasteiger partial charge < -0.3 is 16.4 Å². The Morgan fingerprint density at radius 3 is 2.85 bits per heavy atom. The maximum atomic E-state index is 11.5. The zero-order valence-corrected chi connectivity index (χ0v) is 7.69. The summed E-state index contributed by atoms with van der Waals surface area (Å²) in [5, 5.41) is 0. The van der Waals surface area contributed by atoms with Gasteiger partial charge in [-0.25, -0.2) is 0 Å². The molecule has 2 unspecified atom stereocenters. The minimum absolute atomic E-state index is 0.169. The molecule has 0 bridgehead atoms. The van der Waals surface area contributed by atoms with E-state index < -0.39 is 18.0 Å². The fourth-order valence-electron chi connectivity index (χ4n) is 1.47. The van der Waals surface area contributed by atoms with E-state index in [0.29, 0.717) is 13.0 Å². The van der Waals surface area contributed by atoms with Gasteiger partial charge >= 0.3 is 0 Å². The van der Waals surface area contributed by atoms with E-state index in [1.807, 2.05) is 0 Å². The van der Waals surface area contributed by atoms with Crippen LogP contribution in [0.2, 0.25) is 0 Å². The summed E-state index contributed by atoms with van der Waals surface area (Å²) in [4.78, 5) is 23.8. The first-order valence-electron chi connectivity index (χ1n) is 4.39. The number of hydrogen-bond acceptors (Lipinski definition) is 3. The molecule has 0 aliphatic carbocycles. The smallest absolute Gasteiger partial charge is 0.240 e. The van der Waals surface area contributed by atoms with E-state index in [4.69, 9.17) is 11.5 Å². The summed E-state index contributed by atoms with van der Waals surface area (Å²) in [5.74, 6) is -0.653. The number of carbonyl (C=O) groups is 2. The highest BCUT2D eigenvalue weighted by Gasteiger charge is 2.30. The lowest BCUT2D eigenvalue weighted by molar-refractivity contribution is -0.141. The van der Waals surface area contributed by atoms with Gasteiger partial charge in [-0.3, -0.25) is 9.59 Å². The highest BCUT2D eigenvalue weighted by Crippen LogP contribution is 2.12. The first-order chi connectivity index (χ1) is 6.04. The van der Waals surface area contributed by atoms with Gasteiger partial charge in [-0.2, -0.15) is 0 Å². The number of nitrogens with two attached hydrogens (primary N) is 2. The zero-order chi connectivity index (χ0) is 10.0. The maximum absolute atomic E-state index is 11.5. The quantitative estimate of drug-likeness (QED) is 0.567. The van der Waals surface area contributed by atoms with Crippen LogP contribution < -0.4 is 11.5 Å². The number of piperidine rings is 1. The van der Waals surface area contributed by atoms with Crippen molar-refractivity contribution < 1.29 is 9.59 Å². The molecule has 0 aromatic carbocycles. The van der Waals surface area contributed by atoms with E-state index in [2.05, 4.69) is 0 Å². The Bertz CT molecular complexity index is 229. The van der Waals surface area contributed by atoms with Gasteiger partial charge in [-0.15, -0.1) is 0 Å². The van der Waals surface area contributed by atoms with Crippen LogP contribution in [0.3, 0.4) is 0 Å². The van der Waals surface area contributed by atoms with Crippen LogP contribution in [0.1, 0.15) is 19.8 Å². The number of carbonyl (C=O) groups excluding carboxylic acids is 2. The predicted molar refractivity (Wildman–Crippen MR) is 47.6 cm³/mol. The largest absolute Gasteiger partial charge is 0.368 e. The average molecular weight is 185 g/mol. The van der Waals surface area contributed by atoms with Gasteiger partial charge in [0, 0.05) is 6.54 Å². The van der Waals surface area contributed by atoms with Crippen molar-refractivity contribution in [3.05, 3.63) is 0 Å². The first kappa shape index (κ1) is 9.98. The van der Waals surface area contributed by atoms with E-state index in [-0.39, 0.29) is 5.91 Å². The normalized spacial score (nSPS) is 25.8. The van der Waals surface area contributed by atoms with Gasteiger partial charge in [0.2, 0.25) is 11.8 Å². The molecular formula is C8H15N3O2. The molecule has 1 saturated heterocycles. The highest BCUT2D eigenvalue weighted by molar-refractivity contribution is 5.89. The van der Waals surface area contributed by atoms with Crippen LogP contribution in [-0.2, 0) is 9.59 Å². The van der Waals surface area contributed by atoms with E-state index in [9.17, 15) is 9.59 Å². The second kappa shape index (κ2) is 3.74. The van der Waals surface area contributed by atoms with E-state index in [1.165, 1.54) is 4.90 Å². The van der Waals surface area contributed by atoms with Crippen molar-refractivity contribution in [2.24, 2.45) is 11.5 Å². The monoisotopic (exact) mass is 185 g/mol. The van der Waals surface area contributed by atoms with E-state index in [1.54, 1.807) is 6.92 Å². The molecule has 74 valence electrons. The van der Waals surface area contributed by atoms with Crippen molar-refractivity contribution in [3.63, 3.8) is 0 Å². The van der Waals surface area contributed by atoms with Crippen LogP contribution in [0, 0.1) is 0 Å². The van der Waals surface area contributed by atoms with Crippen molar-refractivity contribution in [2.45, 2.75) is 31.8 Å². The molecule has 5 nitrogen and oxygen atoms in total. The Kier molecular flexibility index (Phi) is 2.87. The second-order valence-corrected chi connectivity index (χ2v) is 3.36. The highest BCUT2D eigenvalue weighted by atomic mass is 16.2. The summed E-state index contributed by atoms with van der Waals surface area (Å²) in [6.07, 6.45) is 1.53. The molecule has 0 aromatic rings. The lowest BCUT2D eigenvalue weighted by Gasteiger charge is -2.33. The average Bonchev–Trinajstić information content (AvgIpc) is 2.08. The van der Waals surface area contributed by atoms with Crippen LogP contribution in [0.4, 0.5) is 0 Å². The van der Waals surface area contributed by atoms with Crippen molar-refractivity contribution in [1.29, 1.82) is 0 Å². The fourth-order valence-corrected chi connectivity index (χ4v) is 1.47. The van der Waals surface area contributed by atoms with Crippen LogP contribution in [-0.4, -0.2) is 35.3 Å². The Balaban J connectivity index is 2.68. The topological polar surface area (TPSA) is 89.4 Å². The number of likely N-dealkylation sites (tertiary alicyclic amines) is 1. The third-order valence-corrected chi connectivity index (χ3v) is 2.39. The van der Waals surface area contributed by atoms with E-state index >= 15 is 0 Å². The third-order valence-electron chi connectivity index (χ3n) is 2.39. The number of amides is 2. The summed E-state index contributed by atoms with van der Waals surface area (Å²) in [6.45, 7) is 2.20. The summed E-state index contributed by atoms with van der Waals surface area (Å²) < 4.78 is 0. The zero-order valence-electron chi connectivity index (χ0n) is 7.69. The molecule has 1 heterocycles. The maximum Gasteiger partial charge on any atom is 0.240 e. The minimum Gasteiger partial charge on any atom is -0.368 e. The van der Waals surface area contributed by atoms with Crippen molar-refractivity contribution in [2.75, 3.05) is 6.54 Å². The Labute approximate surface area is 77.1 Å². The number of hydrogen-bond donors (Lipinski definition) is 2. The van der Waals surface area contributed by atoms with Gasteiger partial charge in [-0.05, 0) is 19.8 Å². The third kappa shape index (κ3) is 1.98. The summed E-state index contributed by atoms with van der Waals surface area (Å²) in [7, 11) is 0. The molecule has 5 heteroatoms. The predicted octanol–water partition coefficient (Wildman–Crippen LogP) is -1.19. The van der Waals surface area contributed by atoms with Gasteiger partial charge in [-0.1, -0.05) is 0 Å². The standard InChI is InChI=1S/C8H15N3O2/c1-5(7(10)12)11-4-2-3-6(9)8(11)13/h5-6H,2-4,9H2,1H3,(H2,10,12). The number of rotatable bonds is 2. The van der Waals surface area contributed by atoms with Crippen molar-refractivity contribution >= 4 is 11.8 Å². The molecular weight excluding hydrogens is 170 g/mol. The number of primary amides is 1. The molecule has 1 rings (SSSR count). The molecule has 0 aromatic heterocycles. The molecule has 4 N–H and O–H groups in total. The molecule has 1 fully saturated rings. The summed E-state index contributed by atoms with van der Waals surface area (Å²) in [5.41, 5.74) is 10.7. The molecule has 0 spiro atoms. The van der Waals surface area contributed by atoms with Crippen molar-refractivity contribution in [3.8, 4) is 0 Å². The van der Waals surface area contributed by atoms with Crippen molar-refractivity contribution in [1.82, 2.24) is 4.90 Å². The van der Waals surface area contributed by atoms with Gasteiger partial charge in [0.05, 0.1) is 6.04 Å². The summed E-state index contributed by atoms with van der Waals surface area (Å²) in [6, 6.07) is -1.01. The molecule has 0 radical (unpaired) electrons. The van der Waals surface area contributed by atoms with Gasteiger partial charge in [0.1, 0.15) is 6.04 Å². The Morgan fingerprint density at radius 2 is 2.31 bits per heavy atom. The van der Waals surface area contributed by atoms with Crippen LogP contribution in [0.5, 0.6) is 0 Å². The minimum atomic E-state index is -0.543. The SMILES string of the molecule is CC(C(N)=O)N1CCCC(N)C1=O. The van der Waals surface area contributed by atoms with Crippen LogP contribution in [0.15, 0.2) is 0 Å². The number of nitrogens with zero attached hydrogens (tertiary/aromatic N) is 1. The fraction of sp³-hybridized carbons (Fsp3) is 0.750. The summed E-state index contributed by atoms with van der Waals surface area (Å²) >= 11 is 0. The lowest BCUT2D eigenvalue weighted by atomic mass is 10.0. The molecule has 0 saturated carbocycles. The molecule has 1 aliphatic heterocycles. The Hall–Kier alpha value is -1.10. The Morgan fingerprint density at radius 1 is 1.69 bits per heavy atom. The molecule has 1 aliphatic rings. The van der Waals surface area contributed by atoms with Gasteiger partial charge in [0.25, 0.3) is 0 Å². The molecule has 2 atom stereocenters. The van der Waals surface area contributed by atoms with E-state index in [0.717, 1.165) is 6.42 Å². The lowest BCUT2D eigenvalue weighted by Crippen LogP contribution is -2.55. The second-order valence-electron chi connectivity index (χ2n) is 3.36.